The van der Waals surface area contributed by atoms with Gasteiger partial charge >= 0.3 is 0 Å². The van der Waals surface area contributed by atoms with E-state index in [1.165, 1.54) is 24.7 Å². The maximum absolute atomic E-state index is 13.4. The van der Waals surface area contributed by atoms with Crippen LogP contribution in [0.1, 0.15) is 35.8 Å². The van der Waals surface area contributed by atoms with Crippen molar-refractivity contribution in [3.63, 3.8) is 0 Å². The Labute approximate surface area is 151 Å². The van der Waals surface area contributed by atoms with Crippen LogP contribution in [0.3, 0.4) is 0 Å². The molecule has 0 radical (unpaired) electrons. The van der Waals surface area contributed by atoms with Crippen molar-refractivity contribution >= 4 is 5.91 Å². The number of nitrogens with one attached hydrogen (secondary N) is 1. The van der Waals surface area contributed by atoms with Gasteiger partial charge in [0.2, 0.25) is 0 Å². The Morgan fingerprint density at radius 1 is 1.46 bits per heavy atom. The fourth-order valence-corrected chi connectivity index (χ4v) is 2.93. The second-order valence-electron chi connectivity index (χ2n) is 6.19. The summed E-state index contributed by atoms with van der Waals surface area (Å²) in [5.74, 6) is -0.186. The first-order valence-corrected chi connectivity index (χ1v) is 8.77. The number of ether oxygens (including phenoxy) is 2. The summed E-state index contributed by atoms with van der Waals surface area (Å²) >= 11 is 0. The van der Waals surface area contributed by atoms with Crippen molar-refractivity contribution in [2.75, 3.05) is 13.2 Å². The molecule has 0 aliphatic carbocycles. The van der Waals surface area contributed by atoms with Crippen LogP contribution in [-0.2, 0) is 11.2 Å². The molecule has 1 aromatic heterocycles. The monoisotopic (exact) mass is 359 g/mol. The molecule has 2 heterocycles. The summed E-state index contributed by atoms with van der Waals surface area (Å²) in [4.78, 5) is 20.9. The van der Waals surface area contributed by atoms with E-state index >= 15 is 0 Å². The van der Waals surface area contributed by atoms with Crippen LogP contribution in [0.25, 0.3) is 0 Å². The average molecular weight is 359 g/mol. The van der Waals surface area contributed by atoms with E-state index in [9.17, 15) is 9.18 Å². The topological polar surface area (TPSA) is 73.3 Å². The Hall–Kier alpha value is -2.54. The predicted molar refractivity (Wildman–Crippen MR) is 93.5 cm³/mol. The maximum Gasteiger partial charge on any atom is 0.255 e. The number of hydrogen-bond acceptors (Lipinski definition) is 5. The third kappa shape index (κ3) is 4.54. The highest BCUT2D eigenvalue weighted by Gasteiger charge is 2.30. The number of carbonyl (C=O) groups is 1. The lowest BCUT2D eigenvalue weighted by Crippen LogP contribution is -2.51. The van der Waals surface area contributed by atoms with Crippen molar-refractivity contribution in [3.8, 4) is 5.75 Å². The van der Waals surface area contributed by atoms with Gasteiger partial charge in [-0.2, -0.15) is 0 Å². The van der Waals surface area contributed by atoms with Gasteiger partial charge in [0.05, 0.1) is 23.9 Å². The highest BCUT2D eigenvalue weighted by Crippen LogP contribution is 2.19. The summed E-state index contributed by atoms with van der Waals surface area (Å²) in [5.41, 5.74) is 1.21. The van der Waals surface area contributed by atoms with Crippen LogP contribution in [0.5, 0.6) is 5.75 Å². The van der Waals surface area contributed by atoms with Crippen LogP contribution >= 0.6 is 0 Å². The SMILES string of the molecule is CCCc1ncncc1C(=O)N[C@@H]1CCOC[C@H]1Oc1cccc(F)c1. The first-order chi connectivity index (χ1) is 12.7. The van der Waals surface area contributed by atoms with Gasteiger partial charge < -0.3 is 14.8 Å². The number of aryl methyl sites for hydroxylation is 1. The van der Waals surface area contributed by atoms with Gasteiger partial charge in [0.25, 0.3) is 5.91 Å². The molecule has 0 saturated carbocycles. The van der Waals surface area contributed by atoms with Crippen molar-refractivity contribution in [1.82, 2.24) is 15.3 Å². The van der Waals surface area contributed by atoms with Crippen molar-refractivity contribution in [3.05, 3.63) is 53.9 Å². The van der Waals surface area contributed by atoms with E-state index in [2.05, 4.69) is 15.3 Å². The molecule has 1 aromatic carbocycles. The van der Waals surface area contributed by atoms with Gasteiger partial charge in [-0.15, -0.1) is 0 Å². The number of amides is 1. The summed E-state index contributed by atoms with van der Waals surface area (Å²) in [6, 6.07) is 5.70. The number of hydrogen-bond donors (Lipinski definition) is 1. The van der Waals surface area contributed by atoms with E-state index in [0.29, 0.717) is 37.4 Å². The zero-order valence-electron chi connectivity index (χ0n) is 14.7. The fourth-order valence-electron chi connectivity index (χ4n) is 2.93. The highest BCUT2D eigenvalue weighted by molar-refractivity contribution is 5.95. The molecule has 3 rings (SSSR count). The molecule has 7 heteroatoms. The Morgan fingerprint density at radius 3 is 3.15 bits per heavy atom. The van der Waals surface area contributed by atoms with Gasteiger partial charge in [-0.25, -0.2) is 14.4 Å². The van der Waals surface area contributed by atoms with Gasteiger partial charge in [-0.1, -0.05) is 19.4 Å². The lowest BCUT2D eigenvalue weighted by Gasteiger charge is -2.32. The minimum atomic E-state index is -0.395. The molecule has 26 heavy (non-hydrogen) atoms. The molecular formula is C19H22FN3O3. The maximum atomic E-state index is 13.4. The zero-order valence-corrected chi connectivity index (χ0v) is 14.7. The first-order valence-electron chi connectivity index (χ1n) is 8.77. The smallest absolute Gasteiger partial charge is 0.255 e. The van der Waals surface area contributed by atoms with E-state index in [0.717, 1.165) is 12.1 Å². The number of rotatable bonds is 6. The molecule has 2 atom stereocenters. The van der Waals surface area contributed by atoms with Crippen LogP contribution in [0, 0.1) is 5.82 Å². The lowest BCUT2D eigenvalue weighted by molar-refractivity contribution is -0.0136. The number of nitrogens with zero attached hydrogens (tertiary/aromatic N) is 2. The quantitative estimate of drug-likeness (QED) is 0.858. The van der Waals surface area contributed by atoms with Gasteiger partial charge in [0.15, 0.2) is 0 Å². The van der Waals surface area contributed by atoms with Gasteiger partial charge in [-0.3, -0.25) is 4.79 Å². The van der Waals surface area contributed by atoms with Gasteiger partial charge in [0, 0.05) is 18.9 Å². The molecule has 1 aliphatic rings. The van der Waals surface area contributed by atoms with Crippen molar-refractivity contribution in [1.29, 1.82) is 0 Å². The summed E-state index contributed by atoms with van der Waals surface area (Å²) in [6.07, 6.45) is 4.81. The summed E-state index contributed by atoms with van der Waals surface area (Å²) < 4.78 is 24.7. The Bertz CT molecular complexity index is 756. The standard InChI is InChI=1S/C19H22FN3O3/c1-2-4-16-15(10-21-12-22-16)19(24)23-17-7-8-25-11-18(17)26-14-6-3-5-13(20)9-14/h3,5-6,9-10,12,17-18H,2,4,7-8,11H2,1H3,(H,23,24)/t17-,18-/m1/s1. The zero-order chi connectivity index (χ0) is 18.4. The number of carbonyl (C=O) groups excluding carboxylic acids is 1. The minimum Gasteiger partial charge on any atom is -0.486 e. The molecule has 1 aliphatic heterocycles. The normalized spacial score (nSPS) is 19.8. The molecule has 1 saturated heterocycles. The number of halogens is 1. The van der Waals surface area contributed by atoms with E-state index < -0.39 is 6.10 Å². The van der Waals surface area contributed by atoms with Gasteiger partial charge in [0.1, 0.15) is 24.0 Å². The Kier molecular flexibility index (Phi) is 6.12. The molecule has 0 unspecified atom stereocenters. The van der Waals surface area contributed by atoms with Crippen molar-refractivity contribution in [2.45, 2.75) is 38.3 Å². The minimum absolute atomic E-state index is 0.228. The van der Waals surface area contributed by atoms with Crippen LogP contribution in [0.2, 0.25) is 0 Å². The Morgan fingerprint density at radius 2 is 2.35 bits per heavy atom. The van der Waals surface area contributed by atoms with Crippen LogP contribution in [0.4, 0.5) is 4.39 Å². The third-order valence-corrected chi connectivity index (χ3v) is 4.23. The van der Waals surface area contributed by atoms with Crippen molar-refractivity contribution < 1.29 is 18.7 Å². The van der Waals surface area contributed by atoms with Gasteiger partial charge in [-0.05, 0) is 25.0 Å². The molecule has 1 amide bonds. The van der Waals surface area contributed by atoms with Crippen molar-refractivity contribution in [2.24, 2.45) is 0 Å². The van der Waals surface area contributed by atoms with Crippen LogP contribution in [-0.4, -0.2) is 41.2 Å². The molecule has 6 nitrogen and oxygen atoms in total. The second-order valence-corrected chi connectivity index (χ2v) is 6.19. The summed E-state index contributed by atoms with van der Waals surface area (Å²) in [5, 5.41) is 3.00. The van der Waals surface area contributed by atoms with E-state index in [1.807, 2.05) is 6.92 Å². The largest absolute Gasteiger partial charge is 0.486 e. The highest BCUT2D eigenvalue weighted by atomic mass is 19.1. The fraction of sp³-hybridized carbons (Fsp3) is 0.421. The lowest BCUT2D eigenvalue weighted by atomic mass is 10.0. The summed E-state index contributed by atoms with van der Waals surface area (Å²) in [7, 11) is 0. The molecular weight excluding hydrogens is 337 g/mol. The average Bonchev–Trinajstić information content (AvgIpc) is 2.64. The molecule has 0 spiro atoms. The van der Waals surface area contributed by atoms with Crippen LogP contribution in [0.15, 0.2) is 36.8 Å². The third-order valence-electron chi connectivity index (χ3n) is 4.23. The first kappa shape index (κ1) is 18.3. The molecule has 0 bridgehead atoms. The molecule has 1 fully saturated rings. The Balaban J connectivity index is 1.71. The van der Waals surface area contributed by atoms with E-state index in [1.54, 1.807) is 12.1 Å². The van der Waals surface area contributed by atoms with E-state index in [-0.39, 0.29) is 17.8 Å². The predicted octanol–water partition coefficient (Wildman–Crippen LogP) is 2.53. The van der Waals surface area contributed by atoms with E-state index in [4.69, 9.17) is 9.47 Å². The molecule has 1 N–H and O–H groups in total. The molecule has 2 aromatic rings. The number of aromatic nitrogens is 2. The number of benzene rings is 1. The second kappa shape index (κ2) is 8.71. The molecule has 138 valence electrons. The summed E-state index contributed by atoms with van der Waals surface area (Å²) in [6.45, 7) is 2.89. The van der Waals surface area contributed by atoms with Crippen LogP contribution < -0.4 is 10.1 Å².